The number of aryl methyl sites for hydroxylation is 1. The fourth-order valence-corrected chi connectivity index (χ4v) is 1.48. The third kappa shape index (κ3) is 4.39. The minimum atomic E-state index is 0.943. The molecule has 1 rings (SSSR count). The van der Waals surface area contributed by atoms with Gasteiger partial charge in [0.05, 0.1) is 0 Å². The molecule has 90 valence electrons. The quantitative estimate of drug-likeness (QED) is 0.679. The molecule has 0 N–H and O–H groups in total. The summed E-state index contributed by atoms with van der Waals surface area (Å²) in [6.07, 6.45) is 9.16. The highest BCUT2D eigenvalue weighted by atomic mass is 14.6. The van der Waals surface area contributed by atoms with Crippen molar-refractivity contribution in [2.75, 3.05) is 0 Å². The van der Waals surface area contributed by atoms with Crippen molar-refractivity contribution in [3.63, 3.8) is 0 Å². The molecule has 1 aromatic rings. The molecule has 0 radical (unpaired) electrons. The van der Waals surface area contributed by atoms with Crippen LogP contribution >= 0.6 is 0 Å². The second-order valence-electron chi connectivity index (χ2n) is 4.54. The van der Waals surface area contributed by atoms with Crippen molar-refractivity contribution in [1.82, 2.24) is 4.98 Å². The van der Waals surface area contributed by atoms with Crippen LogP contribution in [-0.2, 0) is 0 Å². The average Bonchev–Trinajstić information content (AvgIpc) is 2.28. The molecule has 0 aliphatic rings. The van der Waals surface area contributed by atoms with Crippen LogP contribution in [0.25, 0.3) is 5.57 Å². The Bertz CT molecular complexity index is 464. The van der Waals surface area contributed by atoms with Crippen molar-refractivity contribution < 1.29 is 0 Å². The Balaban J connectivity index is 2.74. The summed E-state index contributed by atoms with van der Waals surface area (Å²) in [5, 5.41) is 0. The standard InChI is InChI=1S/C16H21N/c1-12(2)14(4)7-6-8-15(5)16-9-13(3)10-17-11-16/h7-11H,1,6H2,2-5H3/b14-7-,15-8+. The topological polar surface area (TPSA) is 12.9 Å². The van der Waals surface area contributed by atoms with Crippen molar-refractivity contribution in [1.29, 1.82) is 0 Å². The molecule has 0 spiro atoms. The van der Waals surface area contributed by atoms with Gasteiger partial charge in [0.25, 0.3) is 0 Å². The van der Waals surface area contributed by atoms with Crippen LogP contribution in [0.2, 0.25) is 0 Å². The normalized spacial score (nSPS) is 12.7. The zero-order valence-electron chi connectivity index (χ0n) is 11.2. The molecule has 1 heteroatoms. The van der Waals surface area contributed by atoms with E-state index in [1.54, 1.807) is 0 Å². The lowest BCUT2D eigenvalue weighted by molar-refractivity contribution is 1.24. The van der Waals surface area contributed by atoms with E-state index in [0.717, 1.165) is 12.0 Å². The first-order valence-corrected chi connectivity index (χ1v) is 5.92. The van der Waals surface area contributed by atoms with Gasteiger partial charge in [-0.25, -0.2) is 0 Å². The summed E-state index contributed by atoms with van der Waals surface area (Å²) in [4.78, 5) is 4.21. The minimum absolute atomic E-state index is 0.943. The largest absolute Gasteiger partial charge is 0.264 e. The maximum absolute atomic E-state index is 4.21. The molecular weight excluding hydrogens is 206 g/mol. The van der Waals surface area contributed by atoms with Crippen LogP contribution < -0.4 is 0 Å². The Morgan fingerprint density at radius 1 is 1.24 bits per heavy atom. The summed E-state index contributed by atoms with van der Waals surface area (Å²) >= 11 is 0. The summed E-state index contributed by atoms with van der Waals surface area (Å²) in [7, 11) is 0. The number of pyridine rings is 1. The van der Waals surface area contributed by atoms with Gasteiger partial charge in [-0.05, 0) is 56.9 Å². The Hall–Kier alpha value is -1.63. The molecule has 0 saturated heterocycles. The van der Waals surface area contributed by atoms with Crippen molar-refractivity contribution in [2.24, 2.45) is 0 Å². The molecule has 1 nitrogen and oxygen atoms in total. The highest BCUT2D eigenvalue weighted by Gasteiger charge is 1.95. The molecule has 17 heavy (non-hydrogen) atoms. The van der Waals surface area contributed by atoms with Gasteiger partial charge in [0.1, 0.15) is 0 Å². The van der Waals surface area contributed by atoms with E-state index in [1.807, 2.05) is 19.3 Å². The van der Waals surface area contributed by atoms with Crippen molar-refractivity contribution in [3.8, 4) is 0 Å². The number of rotatable bonds is 4. The fraction of sp³-hybridized carbons (Fsp3) is 0.312. The van der Waals surface area contributed by atoms with E-state index in [2.05, 4.69) is 50.6 Å². The van der Waals surface area contributed by atoms with Crippen LogP contribution in [-0.4, -0.2) is 4.98 Å². The van der Waals surface area contributed by atoms with Crippen molar-refractivity contribution in [2.45, 2.75) is 34.1 Å². The smallest absolute Gasteiger partial charge is 0.0343 e. The van der Waals surface area contributed by atoms with E-state index in [0.29, 0.717) is 0 Å². The predicted octanol–water partition coefficient (Wildman–Crippen LogP) is 4.71. The van der Waals surface area contributed by atoms with Crippen LogP contribution in [0.3, 0.4) is 0 Å². The first kappa shape index (κ1) is 13.4. The lowest BCUT2D eigenvalue weighted by atomic mass is 10.1. The van der Waals surface area contributed by atoms with E-state index in [4.69, 9.17) is 0 Å². The van der Waals surface area contributed by atoms with Crippen molar-refractivity contribution >= 4 is 5.57 Å². The van der Waals surface area contributed by atoms with Gasteiger partial charge in [-0.1, -0.05) is 29.9 Å². The molecule has 0 amide bonds. The lowest BCUT2D eigenvalue weighted by Crippen LogP contribution is -1.84. The minimum Gasteiger partial charge on any atom is -0.264 e. The molecule has 0 bridgehead atoms. The zero-order valence-corrected chi connectivity index (χ0v) is 11.2. The van der Waals surface area contributed by atoms with E-state index < -0.39 is 0 Å². The maximum atomic E-state index is 4.21. The number of aromatic nitrogens is 1. The lowest BCUT2D eigenvalue weighted by Gasteiger charge is -2.02. The fourth-order valence-electron chi connectivity index (χ4n) is 1.48. The van der Waals surface area contributed by atoms with Gasteiger partial charge in [0, 0.05) is 12.4 Å². The van der Waals surface area contributed by atoms with E-state index in [9.17, 15) is 0 Å². The van der Waals surface area contributed by atoms with Crippen LogP contribution in [0.5, 0.6) is 0 Å². The third-order valence-corrected chi connectivity index (χ3v) is 2.85. The first-order valence-electron chi connectivity index (χ1n) is 5.92. The van der Waals surface area contributed by atoms with Gasteiger partial charge in [0.2, 0.25) is 0 Å². The van der Waals surface area contributed by atoms with Crippen LogP contribution in [0.1, 0.15) is 38.3 Å². The number of hydrogen-bond acceptors (Lipinski definition) is 1. The molecule has 0 atom stereocenters. The molecule has 0 fully saturated rings. The average molecular weight is 227 g/mol. The highest BCUT2D eigenvalue weighted by Crippen LogP contribution is 2.15. The van der Waals surface area contributed by atoms with Gasteiger partial charge < -0.3 is 0 Å². The summed E-state index contributed by atoms with van der Waals surface area (Å²) < 4.78 is 0. The predicted molar refractivity (Wildman–Crippen MR) is 75.8 cm³/mol. The number of hydrogen-bond donors (Lipinski definition) is 0. The van der Waals surface area contributed by atoms with Gasteiger partial charge in [-0.15, -0.1) is 0 Å². The van der Waals surface area contributed by atoms with Crippen LogP contribution in [0.15, 0.2) is 48.3 Å². The van der Waals surface area contributed by atoms with Crippen LogP contribution in [0, 0.1) is 6.92 Å². The van der Waals surface area contributed by atoms with Gasteiger partial charge >= 0.3 is 0 Å². The molecule has 1 heterocycles. The third-order valence-electron chi connectivity index (χ3n) is 2.85. The molecule has 0 aliphatic heterocycles. The van der Waals surface area contributed by atoms with E-state index >= 15 is 0 Å². The Kier molecular flexibility index (Phi) is 4.89. The van der Waals surface area contributed by atoms with Crippen LogP contribution in [0.4, 0.5) is 0 Å². The zero-order chi connectivity index (χ0) is 12.8. The second kappa shape index (κ2) is 6.19. The van der Waals surface area contributed by atoms with E-state index in [-0.39, 0.29) is 0 Å². The maximum Gasteiger partial charge on any atom is 0.0343 e. The van der Waals surface area contributed by atoms with Gasteiger partial charge in [-0.3, -0.25) is 4.98 Å². The molecule has 0 unspecified atom stereocenters. The molecule has 0 aliphatic carbocycles. The number of allylic oxidation sites excluding steroid dienone is 5. The highest BCUT2D eigenvalue weighted by molar-refractivity contribution is 5.63. The van der Waals surface area contributed by atoms with E-state index in [1.165, 1.54) is 22.3 Å². The number of nitrogens with zero attached hydrogens (tertiary/aromatic N) is 1. The summed E-state index contributed by atoms with van der Waals surface area (Å²) in [6, 6.07) is 2.16. The molecule has 0 aromatic carbocycles. The van der Waals surface area contributed by atoms with Gasteiger partial charge in [0.15, 0.2) is 0 Å². The molecular formula is C16H21N. The second-order valence-corrected chi connectivity index (χ2v) is 4.54. The first-order chi connectivity index (χ1) is 8.00. The summed E-state index contributed by atoms with van der Waals surface area (Å²) in [5.74, 6) is 0. The molecule has 0 saturated carbocycles. The Labute approximate surface area is 105 Å². The molecule has 1 aromatic heterocycles. The summed E-state index contributed by atoms with van der Waals surface area (Å²) in [6.45, 7) is 12.2. The Morgan fingerprint density at radius 3 is 2.53 bits per heavy atom. The summed E-state index contributed by atoms with van der Waals surface area (Å²) in [5.41, 5.74) is 6.06. The Morgan fingerprint density at radius 2 is 1.94 bits per heavy atom. The van der Waals surface area contributed by atoms with Gasteiger partial charge in [-0.2, -0.15) is 0 Å². The van der Waals surface area contributed by atoms with Crippen molar-refractivity contribution in [3.05, 3.63) is 59.5 Å². The monoisotopic (exact) mass is 227 g/mol. The SMILES string of the molecule is C=C(C)/C(C)=C\C/C=C(\C)c1cncc(C)c1.